The molecule has 74 heavy (non-hydrogen) atoms. The quantitative estimate of drug-likeness (QED) is 0.0157. The van der Waals surface area contributed by atoms with E-state index in [1.807, 2.05) is 119 Å². The fourth-order valence-electron chi connectivity index (χ4n) is 8.45. The molecule has 4 aromatic carbocycles. The number of aromatic amines is 1. The van der Waals surface area contributed by atoms with E-state index in [0.717, 1.165) is 16.7 Å². The summed E-state index contributed by atoms with van der Waals surface area (Å²) < 4.78 is 66.6. The topological polar surface area (TPSA) is 216 Å². The normalized spacial score (nSPS) is 17.1. The number of nitrogens with one attached hydrogen (secondary N) is 2. The van der Waals surface area contributed by atoms with Crippen LogP contribution in [0.25, 0.3) is 16.0 Å². The van der Waals surface area contributed by atoms with E-state index >= 15 is 0 Å². The predicted molar refractivity (Wildman–Crippen MR) is 274 cm³/mol. The summed E-state index contributed by atoms with van der Waals surface area (Å²) in [5, 5.41) is 11.7. The Bertz CT molecular complexity index is 2790. The summed E-state index contributed by atoms with van der Waals surface area (Å²) in [4.78, 5) is 42.2. The van der Waals surface area contributed by atoms with Crippen LogP contribution in [-0.4, -0.2) is 121 Å². The van der Waals surface area contributed by atoms with Crippen LogP contribution >= 0.6 is 8.53 Å². The zero-order valence-electron chi connectivity index (χ0n) is 42.1. The van der Waals surface area contributed by atoms with Crippen molar-refractivity contribution in [3.8, 4) is 23.3 Å². The molecule has 0 aliphatic carbocycles. The SMILES string of the molecule is [C-]#[N+]CCOP(O[C@@H]1C(OCOCOCCC#N)[C@H](n2cnc3c(=O)[nH]c(NC(=O)COc4ccccc4)nc32)O[C@@H]1COC(c1ccccc1)(c1ccc(OC)cc1)c1ccc(OC)cc1)N(C(C)C)C(C)C. The van der Waals surface area contributed by atoms with Gasteiger partial charge in [0, 0.05) is 12.1 Å². The number of methoxy groups -OCH3 is 2. The molecule has 0 radical (unpaired) electrons. The van der Waals surface area contributed by atoms with E-state index in [1.54, 1.807) is 38.5 Å². The number of fused-ring (bicyclic) bond motifs is 1. The fourth-order valence-corrected chi connectivity index (χ4v) is 10.2. The second kappa shape index (κ2) is 26.9. The number of carbonyl (C=O) groups is 1. The molecule has 2 aromatic heterocycles. The fraction of sp³-hybridized carbons (Fsp3) is 0.396. The highest BCUT2D eigenvalue weighted by Crippen LogP contribution is 2.51. The van der Waals surface area contributed by atoms with Gasteiger partial charge in [0.2, 0.25) is 12.5 Å². The number of hydrogen-bond donors (Lipinski definition) is 2. The highest BCUT2D eigenvalue weighted by Gasteiger charge is 2.52. The van der Waals surface area contributed by atoms with Crippen LogP contribution in [0.4, 0.5) is 5.95 Å². The number of rotatable bonds is 28. The molecule has 2 unspecified atom stereocenters. The first-order valence-corrected chi connectivity index (χ1v) is 25.1. The van der Waals surface area contributed by atoms with Crippen LogP contribution in [0.2, 0.25) is 0 Å². The molecule has 20 nitrogen and oxygen atoms in total. The first kappa shape index (κ1) is 55.0. The Hall–Kier alpha value is -6.81. The van der Waals surface area contributed by atoms with Crippen LogP contribution in [0.15, 0.2) is 120 Å². The van der Waals surface area contributed by atoms with Gasteiger partial charge in [-0.25, -0.2) is 16.2 Å². The van der Waals surface area contributed by atoms with E-state index in [-0.39, 0.29) is 82.2 Å². The number of H-pyrrole nitrogens is 1. The molecule has 2 N–H and O–H groups in total. The maximum absolute atomic E-state index is 13.7. The van der Waals surface area contributed by atoms with Crippen LogP contribution < -0.4 is 25.1 Å². The molecule has 0 spiro atoms. The molecule has 1 aliphatic heterocycles. The third-order valence-electron chi connectivity index (χ3n) is 11.7. The van der Waals surface area contributed by atoms with E-state index in [0.29, 0.717) is 17.2 Å². The minimum Gasteiger partial charge on any atom is -0.497 e. The van der Waals surface area contributed by atoms with Gasteiger partial charge < -0.3 is 51.8 Å². The second-order valence-electron chi connectivity index (χ2n) is 17.2. The number of amides is 1. The Balaban J connectivity index is 1.34. The lowest BCUT2D eigenvalue weighted by molar-refractivity contribution is -0.173. The molecule has 3 heterocycles. The van der Waals surface area contributed by atoms with Crippen molar-refractivity contribution in [1.82, 2.24) is 24.2 Å². The molecule has 0 saturated carbocycles. The number of anilines is 1. The predicted octanol–water partition coefficient (Wildman–Crippen LogP) is 7.97. The number of imidazole rings is 1. The molecule has 1 amide bonds. The third-order valence-corrected chi connectivity index (χ3v) is 13.9. The molecule has 0 bridgehead atoms. The van der Waals surface area contributed by atoms with Gasteiger partial charge in [0.1, 0.15) is 61.4 Å². The number of benzene rings is 4. The van der Waals surface area contributed by atoms with Crippen molar-refractivity contribution in [2.45, 2.75) is 76.3 Å². The summed E-state index contributed by atoms with van der Waals surface area (Å²) in [5.74, 6) is 1.03. The summed E-state index contributed by atoms with van der Waals surface area (Å²) in [7, 11) is 1.26. The average molecular weight is 1030 g/mol. The summed E-state index contributed by atoms with van der Waals surface area (Å²) >= 11 is 0. The zero-order chi connectivity index (χ0) is 52.5. The molecule has 1 aliphatic rings. The molecule has 1 fully saturated rings. The van der Waals surface area contributed by atoms with E-state index < -0.39 is 50.1 Å². The van der Waals surface area contributed by atoms with Crippen molar-refractivity contribution in [1.29, 1.82) is 5.26 Å². The van der Waals surface area contributed by atoms with Crippen molar-refractivity contribution >= 4 is 31.5 Å². The number of hydrogen-bond acceptors (Lipinski definition) is 16. The van der Waals surface area contributed by atoms with Crippen LogP contribution in [-0.2, 0) is 43.1 Å². The first-order valence-electron chi connectivity index (χ1n) is 23.9. The first-order chi connectivity index (χ1) is 36.0. The van der Waals surface area contributed by atoms with Crippen molar-refractivity contribution in [3.63, 3.8) is 0 Å². The van der Waals surface area contributed by atoms with Crippen LogP contribution in [0.1, 0.15) is 57.0 Å². The Kier molecular flexibility index (Phi) is 20.0. The Morgan fingerprint density at radius 1 is 0.878 bits per heavy atom. The molecule has 21 heteroatoms. The number of nitrogens with zero attached hydrogens (tertiary/aromatic N) is 6. The van der Waals surface area contributed by atoms with Gasteiger partial charge in [-0.15, -0.1) is 0 Å². The molecule has 6 aromatic rings. The van der Waals surface area contributed by atoms with Gasteiger partial charge in [0.05, 0.1) is 46.3 Å². The van der Waals surface area contributed by atoms with Gasteiger partial charge in [-0.3, -0.25) is 24.5 Å². The van der Waals surface area contributed by atoms with E-state index in [2.05, 4.69) is 29.8 Å². The standard InChI is InChI=1S/C53H61N8O12P/c1-36(2)61(37(3)4)74(71-30-28-55-5)73-47-44(31-70-53(38-15-10-8-11-16-38,39-19-23-41(64-6)24-20-39)40-21-25-42(65-7)26-22-40)72-51(48(47)69-35-67-34-66-29-14-27-54)60-33-56-46-49(60)58-52(59-50(46)63)57-45(62)32-68-43-17-12-9-13-18-43/h8-13,15-26,33,36-37,44,47-48,51H,14,28-32,34-35H2,1-4,6-7H3,(H2,57,58,59,62,63)/t44-,47+,48?,51-,74?/m1/s1. The lowest BCUT2D eigenvalue weighted by Crippen LogP contribution is -2.43. The molecule has 1 saturated heterocycles. The number of para-hydroxylation sites is 1. The second-order valence-corrected chi connectivity index (χ2v) is 18.7. The molecular weight excluding hydrogens is 972 g/mol. The lowest BCUT2D eigenvalue weighted by atomic mass is 9.80. The van der Waals surface area contributed by atoms with Crippen molar-refractivity contribution in [3.05, 3.63) is 154 Å². The summed E-state index contributed by atoms with van der Waals surface area (Å²) in [6, 6.07) is 35.7. The van der Waals surface area contributed by atoms with Gasteiger partial charge in [0.15, 0.2) is 24.0 Å². The Morgan fingerprint density at radius 2 is 1.51 bits per heavy atom. The minimum atomic E-state index is -1.95. The number of aromatic nitrogens is 4. The smallest absolute Gasteiger partial charge is 0.280 e. The number of nitriles is 1. The van der Waals surface area contributed by atoms with Crippen LogP contribution in [0, 0.1) is 17.9 Å². The van der Waals surface area contributed by atoms with Gasteiger partial charge in [-0.1, -0.05) is 72.8 Å². The third kappa shape index (κ3) is 13.5. The van der Waals surface area contributed by atoms with Gasteiger partial charge in [-0.2, -0.15) is 10.2 Å². The largest absolute Gasteiger partial charge is 0.497 e. The monoisotopic (exact) mass is 1030 g/mol. The summed E-state index contributed by atoms with van der Waals surface area (Å²) in [5.41, 5.74) is 0.390. The maximum Gasteiger partial charge on any atom is 0.280 e. The highest BCUT2D eigenvalue weighted by molar-refractivity contribution is 7.44. The average Bonchev–Trinajstić information content (AvgIpc) is 4.00. The minimum absolute atomic E-state index is 0.0457. The zero-order valence-corrected chi connectivity index (χ0v) is 43.0. The van der Waals surface area contributed by atoms with Crippen LogP contribution in [0.3, 0.4) is 0 Å². The van der Waals surface area contributed by atoms with Crippen molar-refractivity contribution < 1.29 is 51.7 Å². The van der Waals surface area contributed by atoms with Crippen molar-refractivity contribution in [2.75, 3.05) is 66.1 Å². The van der Waals surface area contributed by atoms with E-state index in [4.69, 9.17) is 58.8 Å². The highest BCUT2D eigenvalue weighted by atomic mass is 31.2. The molecule has 390 valence electrons. The van der Waals surface area contributed by atoms with Crippen molar-refractivity contribution in [2.24, 2.45) is 0 Å². The van der Waals surface area contributed by atoms with Crippen LogP contribution in [0.5, 0.6) is 17.2 Å². The van der Waals surface area contributed by atoms with E-state index in [9.17, 15) is 9.59 Å². The number of ether oxygens (including phenoxy) is 8. The summed E-state index contributed by atoms with van der Waals surface area (Å²) in [6.45, 7) is 14.9. The Morgan fingerprint density at radius 3 is 2.12 bits per heavy atom. The maximum atomic E-state index is 13.7. The molecule has 5 atom stereocenters. The Labute approximate surface area is 431 Å². The van der Waals surface area contributed by atoms with Gasteiger partial charge >= 0.3 is 0 Å². The summed E-state index contributed by atoms with van der Waals surface area (Å²) in [6.07, 6.45) is -2.68. The number of carbonyl (C=O) groups excluding carboxylic acids is 1. The van der Waals surface area contributed by atoms with Gasteiger partial charge in [-0.05, 0) is 80.8 Å². The lowest BCUT2D eigenvalue weighted by Gasteiger charge is -2.39. The molecular formula is C53H61N8O12P. The van der Waals surface area contributed by atoms with E-state index in [1.165, 1.54) is 10.9 Å². The molecule has 7 rings (SSSR count). The van der Waals surface area contributed by atoms with Gasteiger partial charge in [0.25, 0.3) is 20.0 Å².